The van der Waals surface area contributed by atoms with Crippen molar-refractivity contribution >= 4 is 5.91 Å². The summed E-state index contributed by atoms with van der Waals surface area (Å²) in [4.78, 5) is 13.6. The van der Waals surface area contributed by atoms with Crippen LogP contribution in [-0.2, 0) is 11.3 Å². The second-order valence-corrected chi connectivity index (χ2v) is 3.80. The number of hydrogen-bond donors (Lipinski definition) is 0. The SMILES string of the molecule is Cc1cnn(CC(=O)N2CCCC2)c1. The second-order valence-electron chi connectivity index (χ2n) is 3.80. The average Bonchev–Trinajstić information content (AvgIpc) is 2.75. The van der Waals surface area contributed by atoms with Crippen molar-refractivity contribution in [3.05, 3.63) is 18.0 Å². The van der Waals surface area contributed by atoms with Crippen LogP contribution in [0, 0.1) is 6.92 Å². The van der Waals surface area contributed by atoms with Crippen molar-refractivity contribution in [2.75, 3.05) is 13.1 Å². The highest BCUT2D eigenvalue weighted by atomic mass is 16.2. The van der Waals surface area contributed by atoms with E-state index in [1.807, 2.05) is 18.0 Å². The van der Waals surface area contributed by atoms with E-state index in [-0.39, 0.29) is 5.91 Å². The Morgan fingerprint density at radius 2 is 2.21 bits per heavy atom. The first-order chi connectivity index (χ1) is 6.75. The van der Waals surface area contributed by atoms with Crippen molar-refractivity contribution in [2.45, 2.75) is 26.3 Å². The smallest absolute Gasteiger partial charge is 0.244 e. The van der Waals surface area contributed by atoms with Gasteiger partial charge in [-0.05, 0) is 25.3 Å². The molecule has 1 aromatic rings. The van der Waals surface area contributed by atoms with E-state index < -0.39 is 0 Å². The number of aryl methyl sites for hydroxylation is 1. The Kier molecular flexibility index (Phi) is 2.52. The van der Waals surface area contributed by atoms with Crippen LogP contribution in [0.1, 0.15) is 18.4 Å². The largest absolute Gasteiger partial charge is 0.341 e. The van der Waals surface area contributed by atoms with Crippen LogP contribution in [0.3, 0.4) is 0 Å². The van der Waals surface area contributed by atoms with E-state index in [0.717, 1.165) is 31.5 Å². The van der Waals surface area contributed by atoms with Gasteiger partial charge in [-0.15, -0.1) is 0 Å². The van der Waals surface area contributed by atoms with Gasteiger partial charge in [0.15, 0.2) is 0 Å². The Hall–Kier alpha value is -1.32. The van der Waals surface area contributed by atoms with Gasteiger partial charge >= 0.3 is 0 Å². The standard InChI is InChI=1S/C10H15N3O/c1-9-6-11-13(7-9)8-10(14)12-4-2-3-5-12/h6-7H,2-5,8H2,1H3. The molecule has 2 heterocycles. The maximum absolute atomic E-state index is 11.7. The fourth-order valence-electron chi connectivity index (χ4n) is 1.76. The lowest BCUT2D eigenvalue weighted by Crippen LogP contribution is -2.31. The molecule has 1 aliphatic heterocycles. The number of aromatic nitrogens is 2. The van der Waals surface area contributed by atoms with Gasteiger partial charge in [-0.25, -0.2) is 0 Å². The molecule has 0 atom stereocenters. The van der Waals surface area contributed by atoms with E-state index in [9.17, 15) is 4.79 Å². The van der Waals surface area contributed by atoms with Crippen molar-refractivity contribution in [2.24, 2.45) is 0 Å². The molecule has 1 fully saturated rings. The molecule has 4 nitrogen and oxygen atoms in total. The van der Waals surface area contributed by atoms with Gasteiger partial charge in [-0.2, -0.15) is 5.10 Å². The van der Waals surface area contributed by atoms with Crippen molar-refractivity contribution in [3.8, 4) is 0 Å². The monoisotopic (exact) mass is 193 g/mol. The molecule has 4 heteroatoms. The van der Waals surface area contributed by atoms with Crippen LogP contribution in [0.4, 0.5) is 0 Å². The molecule has 1 aromatic heterocycles. The second kappa shape index (κ2) is 3.82. The molecular formula is C10H15N3O. The summed E-state index contributed by atoms with van der Waals surface area (Å²) >= 11 is 0. The predicted octanol–water partition coefficient (Wildman–Crippen LogP) is 0.814. The summed E-state index contributed by atoms with van der Waals surface area (Å²) in [7, 11) is 0. The lowest BCUT2D eigenvalue weighted by atomic mass is 10.4. The molecule has 0 aromatic carbocycles. The molecule has 76 valence electrons. The summed E-state index contributed by atoms with van der Waals surface area (Å²) in [6.07, 6.45) is 5.96. The maximum Gasteiger partial charge on any atom is 0.244 e. The average molecular weight is 193 g/mol. The molecule has 1 amide bonds. The summed E-state index contributed by atoms with van der Waals surface area (Å²) in [5, 5.41) is 4.10. The van der Waals surface area contributed by atoms with E-state index in [1.165, 1.54) is 0 Å². The normalized spacial score (nSPS) is 16.2. The molecule has 1 aliphatic rings. The number of amides is 1. The zero-order chi connectivity index (χ0) is 9.97. The van der Waals surface area contributed by atoms with Crippen molar-refractivity contribution in [1.82, 2.24) is 14.7 Å². The lowest BCUT2D eigenvalue weighted by molar-refractivity contribution is -0.130. The van der Waals surface area contributed by atoms with Gasteiger partial charge in [-0.1, -0.05) is 0 Å². The van der Waals surface area contributed by atoms with Gasteiger partial charge in [0.25, 0.3) is 0 Å². The van der Waals surface area contributed by atoms with Gasteiger partial charge in [0.05, 0.1) is 6.20 Å². The Balaban J connectivity index is 1.93. The summed E-state index contributed by atoms with van der Waals surface area (Å²) in [5.41, 5.74) is 1.10. The molecule has 0 spiro atoms. The fourth-order valence-corrected chi connectivity index (χ4v) is 1.76. The first-order valence-electron chi connectivity index (χ1n) is 5.02. The number of likely N-dealkylation sites (tertiary alicyclic amines) is 1. The summed E-state index contributed by atoms with van der Waals surface area (Å²) in [5.74, 6) is 0.186. The van der Waals surface area contributed by atoms with Crippen molar-refractivity contribution in [1.29, 1.82) is 0 Å². The van der Waals surface area contributed by atoms with Crippen LogP contribution in [-0.4, -0.2) is 33.7 Å². The summed E-state index contributed by atoms with van der Waals surface area (Å²) in [6.45, 7) is 4.19. The van der Waals surface area contributed by atoms with E-state index in [1.54, 1.807) is 10.9 Å². The van der Waals surface area contributed by atoms with Crippen LogP contribution in [0.25, 0.3) is 0 Å². The third-order valence-corrected chi connectivity index (χ3v) is 2.52. The minimum atomic E-state index is 0.186. The zero-order valence-corrected chi connectivity index (χ0v) is 8.44. The quantitative estimate of drug-likeness (QED) is 0.697. The number of nitrogens with zero attached hydrogens (tertiary/aromatic N) is 3. The Morgan fingerprint density at radius 1 is 1.50 bits per heavy atom. The fraction of sp³-hybridized carbons (Fsp3) is 0.600. The van der Waals surface area contributed by atoms with Crippen molar-refractivity contribution < 1.29 is 4.79 Å². The molecule has 0 aliphatic carbocycles. The third-order valence-electron chi connectivity index (χ3n) is 2.52. The van der Waals surface area contributed by atoms with Crippen LogP contribution in [0.2, 0.25) is 0 Å². The van der Waals surface area contributed by atoms with Crippen LogP contribution >= 0.6 is 0 Å². The lowest BCUT2D eigenvalue weighted by Gasteiger charge is -2.14. The highest BCUT2D eigenvalue weighted by molar-refractivity contribution is 5.76. The Labute approximate surface area is 83.5 Å². The summed E-state index contributed by atoms with van der Waals surface area (Å²) < 4.78 is 1.70. The molecule has 0 saturated carbocycles. The minimum absolute atomic E-state index is 0.186. The van der Waals surface area contributed by atoms with Gasteiger partial charge in [-0.3, -0.25) is 9.48 Å². The van der Waals surface area contributed by atoms with Crippen LogP contribution < -0.4 is 0 Å². The predicted molar refractivity (Wildman–Crippen MR) is 52.8 cm³/mol. The molecule has 0 unspecified atom stereocenters. The maximum atomic E-state index is 11.7. The number of hydrogen-bond acceptors (Lipinski definition) is 2. The van der Waals surface area contributed by atoms with Gasteiger partial charge in [0.1, 0.15) is 6.54 Å². The van der Waals surface area contributed by atoms with Gasteiger partial charge < -0.3 is 4.90 Å². The number of carbonyl (C=O) groups is 1. The van der Waals surface area contributed by atoms with Crippen LogP contribution in [0.5, 0.6) is 0 Å². The van der Waals surface area contributed by atoms with E-state index >= 15 is 0 Å². The van der Waals surface area contributed by atoms with Crippen LogP contribution in [0.15, 0.2) is 12.4 Å². The highest BCUT2D eigenvalue weighted by Gasteiger charge is 2.17. The topological polar surface area (TPSA) is 38.1 Å². The molecule has 14 heavy (non-hydrogen) atoms. The summed E-state index contributed by atoms with van der Waals surface area (Å²) in [6, 6.07) is 0. The van der Waals surface area contributed by atoms with E-state index in [0.29, 0.717) is 6.54 Å². The highest BCUT2D eigenvalue weighted by Crippen LogP contribution is 2.08. The van der Waals surface area contributed by atoms with E-state index in [4.69, 9.17) is 0 Å². The first-order valence-corrected chi connectivity index (χ1v) is 5.02. The number of rotatable bonds is 2. The van der Waals surface area contributed by atoms with Gasteiger partial charge in [0, 0.05) is 19.3 Å². The molecular weight excluding hydrogens is 178 g/mol. The minimum Gasteiger partial charge on any atom is -0.341 e. The molecule has 0 radical (unpaired) electrons. The molecule has 0 bridgehead atoms. The molecule has 1 saturated heterocycles. The van der Waals surface area contributed by atoms with Crippen molar-refractivity contribution in [3.63, 3.8) is 0 Å². The Bertz CT molecular complexity index is 326. The molecule has 2 rings (SSSR count). The number of carbonyl (C=O) groups excluding carboxylic acids is 1. The third kappa shape index (κ3) is 1.95. The van der Waals surface area contributed by atoms with Gasteiger partial charge in [0.2, 0.25) is 5.91 Å². The zero-order valence-electron chi connectivity index (χ0n) is 8.44. The van der Waals surface area contributed by atoms with E-state index in [2.05, 4.69) is 5.10 Å². The Morgan fingerprint density at radius 3 is 2.79 bits per heavy atom. The first kappa shape index (κ1) is 9.24. The molecule has 0 N–H and O–H groups in total.